The highest BCUT2D eigenvalue weighted by Gasteiger charge is 2.19. The van der Waals surface area contributed by atoms with E-state index in [0.29, 0.717) is 5.69 Å². The number of pyridine rings is 1. The average Bonchev–Trinajstić information content (AvgIpc) is 2.62. The number of nitrogens with one attached hydrogen (secondary N) is 2. The lowest BCUT2D eigenvalue weighted by molar-refractivity contribution is -0.345. The van der Waals surface area contributed by atoms with Crippen LogP contribution in [-0.4, -0.2) is 22.1 Å². The van der Waals surface area contributed by atoms with Crippen molar-refractivity contribution in [3.05, 3.63) is 57.0 Å². The van der Waals surface area contributed by atoms with Gasteiger partial charge in [-0.2, -0.15) is 5.10 Å². The molecule has 0 saturated heterocycles. The van der Waals surface area contributed by atoms with E-state index in [1.54, 1.807) is 6.20 Å². The lowest BCUT2D eigenvalue weighted by Crippen LogP contribution is -2.20. The maximum absolute atomic E-state index is 12.1. The maximum Gasteiger partial charge on any atom is 0.291 e. The number of amides is 1. The number of para-hydroxylation sites is 2. The molecule has 0 spiro atoms. The van der Waals surface area contributed by atoms with Crippen LogP contribution in [0.3, 0.4) is 0 Å². The number of H-pyrrole nitrogens is 1. The predicted octanol–water partition coefficient (Wildman–Crippen LogP) is 2.75. The number of anilines is 1. The van der Waals surface area contributed by atoms with Gasteiger partial charge in [0.25, 0.3) is 5.91 Å². The summed E-state index contributed by atoms with van der Waals surface area (Å²) in [4.78, 5) is 23.4. The van der Waals surface area contributed by atoms with Crippen molar-refractivity contribution in [1.29, 1.82) is 0 Å². The summed E-state index contributed by atoms with van der Waals surface area (Å²) >= 11 is 17.6. The van der Waals surface area contributed by atoms with Crippen LogP contribution < -0.4 is 16.1 Å². The lowest BCUT2D eigenvalue weighted by Gasteiger charge is -2.07. The number of fused-ring (bicyclic) bond motifs is 1. The van der Waals surface area contributed by atoms with E-state index in [1.165, 1.54) is 6.21 Å². The molecule has 2 aromatic heterocycles. The first-order valence-electron chi connectivity index (χ1n) is 6.88. The molecule has 4 N–H and O–H groups in total. The van der Waals surface area contributed by atoms with Crippen LogP contribution in [0.4, 0.5) is 5.69 Å². The van der Waals surface area contributed by atoms with E-state index in [-0.39, 0.29) is 26.6 Å². The number of rotatable bonds is 3. The first-order chi connectivity index (χ1) is 12.0. The molecule has 0 aliphatic carbocycles. The molecule has 2 heterocycles. The van der Waals surface area contributed by atoms with Gasteiger partial charge in [-0.1, -0.05) is 46.9 Å². The van der Waals surface area contributed by atoms with Gasteiger partial charge in [-0.15, -0.1) is 0 Å². The third kappa shape index (κ3) is 3.63. The molecule has 25 heavy (non-hydrogen) atoms. The highest BCUT2D eigenvalue weighted by molar-refractivity contribution is 6.46. The largest absolute Gasteiger partial charge is 0.396 e. The molecule has 0 radical (unpaired) electrons. The van der Waals surface area contributed by atoms with E-state index in [2.05, 4.69) is 25.5 Å². The van der Waals surface area contributed by atoms with Gasteiger partial charge in [-0.05, 0) is 6.07 Å². The number of nitrogens with two attached hydrogens (primary N) is 1. The first-order valence-corrected chi connectivity index (χ1v) is 8.01. The monoisotopic (exact) mass is 395 g/mol. The second-order valence-corrected chi connectivity index (χ2v) is 5.95. The van der Waals surface area contributed by atoms with Crippen LogP contribution in [0.5, 0.6) is 0 Å². The number of aromatic nitrogens is 3. The Bertz CT molecular complexity index is 1010. The summed E-state index contributed by atoms with van der Waals surface area (Å²) in [6, 6.07) is 7.51. The minimum Gasteiger partial charge on any atom is -0.396 e. The molecule has 0 bridgehead atoms. The number of carbonyl (C=O) groups is 1. The summed E-state index contributed by atoms with van der Waals surface area (Å²) in [5, 5.41) is 3.59. The third-order valence-electron chi connectivity index (χ3n) is 3.18. The van der Waals surface area contributed by atoms with Crippen LogP contribution in [0, 0.1) is 0 Å². The fourth-order valence-corrected chi connectivity index (χ4v) is 2.57. The molecule has 3 aromatic rings. The Hall–Kier alpha value is -2.48. The van der Waals surface area contributed by atoms with Gasteiger partial charge in [-0.25, -0.2) is 20.4 Å². The molecule has 0 unspecified atom stereocenters. The Balaban J connectivity index is 1.78. The molecule has 7 nitrogen and oxygen atoms in total. The number of benzene rings is 1. The van der Waals surface area contributed by atoms with Gasteiger partial charge in [0, 0.05) is 6.07 Å². The van der Waals surface area contributed by atoms with E-state index in [0.717, 1.165) is 11.0 Å². The van der Waals surface area contributed by atoms with Gasteiger partial charge in [0.2, 0.25) is 5.52 Å². The molecular formula is C15H10Cl3N6O+. The quantitative estimate of drug-likeness (QED) is 0.403. The molecule has 0 atom stereocenters. The number of nitrogen functional groups attached to an aromatic ring is 1. The molecule has 0 fully saturated rings. The summed E-state index contributed by atoms with van der Waals surface area (Å²) in [5.41, 5.74) is 9.92. The summed E-state index contributed by atoms with van der Waals surface area (Å²) in [6.07, 6.45) is 3.02. The normalized spacial score (nSPS) is 11.2. The van der Waals surface area contributed by atoms with Crippen molar-refractivity contribution in [1.82, 2.24) is 15.4 Å². The Morgan fingerprint density at radius 2 is 1.96 bits per heavy atom. The van der Waals surface area contributed by atoms with Gasteiger partial charge >= 0.3 is 0 Å². The maximum atomic E-state index is 12.1. The van der Waals surface area contributed by atoms with Gasteiger partial charge in [0.15, 0.2) is 17.0 Å². The van der Waals surface area contributed by atoms with E-state index >= 15 is 0 Å². The van der Waals surface area contributed by atoms with Crippen LogP contribution in [0.1, 0.15) is 16.2 Å². The van der Waals surface area contributed by atoms with Crippen LogP contribution in [0.15, 0.2) is 35.6 Å². The van der Waals surface area contributed by atoms with Crippen molar-refractivity contribution >= 4 is 63.6 Å². The fourth-order valence-electron chi connectivity index (χ4n) is 1.97. The van der Waals surface area contributed by atoms with Crippen molar-refractivity contribution < 1.29 is 9.78 Å². The number of aromatic amines is 1. The van der Waals surface area contributed by atoms with Crippen molar-refractivity contribution in [2.45, 2.75) is 0 Å². The molecule has 3 rings (SSSR count). The molecule has 0 aliphatic rings. The second kappa shape index (κ2) is 7.18. The lowest BCUT2D eigenvalue weighted by atomic mass is 10.3. The predicted molar refractivity (Wildman–Crippen MR) is 97.0 cm³/mol. The van der Waals surface area contributed by atoms with Gasteiger partial charge < -0.3 is 5.73 Å². The highest BCUT2D eigenvalue weighted by atomic mass is 35.5. The van der Waals surface area contributed by atoms with Gasteiger partial charge in [0.05, 0.1) is 16.9 Å². The van der Waals surface area contributed by atoms with E-state index in [1.807, 2.05) is 24.3 Å². The molecule has 0 aliphatic heterocycles. The highest BCUT2D eigenvalue weighted by Crippen LogP contribution is 2.34. The van der Waals surface area contributed by atoms with E-state index < -0.39 is 5.91 Å². The van der Waals surface area contributed by atoms with Crippen molar-refractivity contribution in [2.24, 2.45) is 5.10 Å². The zero-order valence-electron chi connectivity index (χ0n) is 12.4. The fraction of sp³-hybridized carbons (Fsp3) is 0. The molecule has 1 aromatic carbocycles. The van der Waals surface area contributed by atoms with Crippen molar-refractivity contribution in [2.75, 3.05) is 5.73 Å². The number of halogens is 3. The summed E-state index contributed by atoms with van der Waals surface area (Å²) in [6.45, 7) is 0. The second-order valence-electron chi connectivity index (χ2n) is 4.83. The number of hydrogen-bond donors (Lipinski definition) is 2. The van der Waals surface area contributed by atoms with E-state index in [4.69, 9.17) is 40.5 Å². The van der Waals surface area contributed by atoms with Gasteiger partial charge in [0.1, 0.15) is 16.2 Å². The Kier molecular flexibility index (Phi) is 4.98. The number of carbonyl (C=O) groups excluding carboxylic acids is 1. The Morgan fingerprint density at radius 3 is 2.76 bits per heavy atom. The topological polar surface area (TPSA) is 107 Å². The minimum absolute atomic E-state index is 0.0115. The SMILES string of the molecule is Nc1c(Cl)c(Cl)nc(C(=O)N/N=C\c2c[nH+]c3ccccc3n2)c1Cl. The van der Waals surface area contributed by atoms with Crippen LogP contribution in [0.25, 0.3) is 11.0 Å². The van der Waals surface area contributed by atoms with Crippen LogP contribution >= 0.6 is 34.8 Å². The zero-order chi connectivity index (χ0) is 18.0. The zero-order valence-corrected chi connectivity index (χ0v) is 14.7. The summed E-state index contributed by atoms with van der Waals surface area (Å²) in [5.74, 6) is -0.684. The molecule has 126 valence electrons. The molecule has 1 amide bonds. The number of nitrogens with zero attached hydrogens (tertiary/aromatic N) is 3. The van der Waals surface area contributed by atoms with Crippen molar-refractivity contribution in [3.63, 3.8) is 0 Å². The smallest absolute Gasteiger partial charge is 0.291 e. The van der Waals surface area contributed by atoms with Crippen LogP contribution in [-0.2, 0) is 0 Å². The first kappa shape index (κ1) is 17.3. The van der Waals surface area contributed by atoms with Crippen LogP contribution in [0.2, 0.25) is 15.2 Å². The summed E-state index contributed by atoms with van der Waals surface area (Å²) < 4.78 is 0. The van der Waals surface area contributed by atoms with Crippen molar-refractivity contribution in [3.8, 4) is 0 Å². The standard InChI is InChI=1S/C15H9Cl3N6O/c16-10-12(19)11(17)14(18)23-13(10)15(25)24-21-6-7-5-20-8-3-1-2-4-9(8)22-7/h1-6H,(H2,19,23)(H,24,25)/p+1/b21-6-. The number of hydrazone groups is 1. The van der Waals surface area contributed by atoms with E-state index in [9.17, 15) is 4.79 Å². The molecule has 0 saturated carbocycles. The average molecular weight is 397 g/mol. The third-order valence-corrected chi connectivity index (χ3v) is 4.31. The Labute approximate surface area is 156 Å². The Morgan fingerprint density at radius 1 is 1.20 bits per heavy atom. The molecular weight excluding hydrogens is 387 g/mol. The summed E-state index contributed by atoms with van der Waals surface area (Å²) in [7, 11) is 0. The molecule has 10 heteroatoms. The van der Waals surface area contributed by atoms with Gasteiger partial charge in [-0.3, -0.25) is 4.79 Å². The number of hydrogen-bond acceptors (Lipinski definition) is 5. The minimum atomic E-state index is -0.684.